The molecule has 0 aliphatic carbocycles. The molecule has 0 saturated heterocycles. The summed E-state index contributed by atoms with van der Waals surface area (Å²) in [7, 11) is 1.93. The Balaban J connectivity index is 2.87. The third-order valence-corrected chi connectivity index (χ3v) is 1.80. The van der Waals surface area contributed by atoms with Crippen LogP contribution in [0.4, 0.5) is 0 Å². The van der Waals surface area contributed by atoms with E-state index in [1.807, 2.05) is 30.9 Å². The van der Waals surface area contributed by atoms with Gasteiger partial charge in [-0.2, -0.15) is 5.10 Å². The largest absolute Gasteiger partial charge is 0.267 e. The van der Waals surface area contributed by atoms with E-state index in [2.05, 4.69) is 17.2 Å². The number of hydrogen-bond acceptors (Lipinski definition) is 1. The summed E-state index contributed by atoms with van der Waals surface area (Å²) < 4.78 is 1.84. The van der Waals surface area contributed by atoms with Gasteiger partial charge in [0.25, 0.3) is 0 Å². The first-order chi connectivity index (χ1) is 5.27. The predicted octanol–water partition coefficient (Wildman–Crippen LogP) is 1.68. The van der Waals surface area contributed by atoms with Crippen molar-refractivity contribution in [2.45, 2.75) is 6.92 Å². The minimum absolute atomic E-state index is 1.07. The molecule has 55 valence electrons. The van der Waals surface area contributed by atoms with Crippen molar-refractivity contribution in [3.05, 3.63) is 30.0 Å². The number of aromatic nitrogens is 2. The van der Waals surface area contributed by atoms with E-state index in [4.69, 9.17) is 0 Å². The van der Waals surface area contributed by atoms with Crippen LogP contribution in [-0.2, 0) is 7.05 Å². The molecule has 0 N–H and O–H groups in total. The first kappa shape index (κ1) is 6.40. The first-order valence-electron chi connectivity index (χ1n) is 3.58. The van der Waals surface area contributed by atoms with Gasteiger partial charge in [-0.3, -0.25) is 4.68 Å². The van der Waals surface area contributed by atoms with Crippen LogP contribution in [0.1, 0.15) is 5.56 Å². The molecule has 0 amide bonds. The average molecular weight is 145 g/mol. The summed E-state index contributed by atoms with van der Waals surface area (Å²) in [5.74, 6) is 0. The van der Waals surface area contributed by atoms with Crippen LogP contribution in [0.25, 0.3) is 10.9 Å². The maximum atomic E-state index is 4.12. The minimum atomic E-state index is 1.07. The van der Waals surface area contributed by atoms with Gasteiger partial charge in [0.1, 0.15) is 0 Å². The first-order valence-corrected chi connectivity index (χ1v) is 3.58. The van der Waals surface area contributed by atoms with Crippen LogP contribution in [0, 0.1) is 13.0 Å². The van der Waals surface area contributed by atoms with Gasteiger partial charge >= 0.3 is 0 Å². The Morgan fingerprint density at radius 1 is 1.45 bits per heavy atom. The molecule has 11 heavy (non-hydrogen) atoms. The molecular weight excluding hydrogens is 136 g/mol. The molecule has 0 atom stereocenters. The number of hydrogen-bond donors (Lipinski definition) is 0. The molecule has 1 aromatic carbocycles. The van der Waals surface area contributed by atoms with Gasteiger partial charge in [0.15, 0.2) is 0 Å². The van der Waals surface area contributed by atoms with E-state index in [1.54, 1.807) is 0 Å². The highest BCUT2D eigenvalue weighted by Crippen LogP contribution is 2.12. The van der Waals surface area contributed by atoms with Gasteiger partial charge in [-0.1, -0.05) is 12.1 Å². The van der Waals surface area contributed by atoms with Gasteiger partial charge in [0.05, 0.1) is 11.7 Å². The molecular formula is C9H9N2. The topological polar surface area (TPSA) is 17.8 Å². The third-order valence-electron chi connectivity index (χ3n) is 1.80. The van der Waals surface area contributed by atoms with E-state index in [0.29, 0.717) is 0 Å². The number of fused-ring (bicyclic) bond motifs is 1. The molecule has 1 aromatic heterocycles. The second-order valence-corrected chi connectivity index (χ2v) is 2.71. The van der Waals surface area contributed by atoms with E-state index >= 15 is 0 Å². The van der Waals surface area contributed by atoms with Crippen LogP contribution in [0.2, 0.25) is 0 Å². The van der Waals surface area contributed by atoms with Crippen LogP contribution in [0.15, 0.2) is 18.3 Å². The van der Waals surface area contributed by atoms with Crippen LogP contribution < -0.4 is 0 Å². The SMILES string of the molecule is Cc1[c]c2c(cc1)cnn2C. The lowest BCUT2D eigenvalue weighted by molar-refractivity contribution is 0.796. The summed E-state index contributed by atoms with van der Waals surface area (Å²) in [5.41, 5.74) is 2.23. The Kier molecular flexibility index (Phi) is 1.22. The number of benzene rings is 1. The molecule has 1 heterocycles. The molecule has 2 rings (SSSR count). The fraction of sp³-hybridized carbons (Fsp3) is 0.222. The number of nitrogens with zero attached hydrogens (tertiary/aromatic N) is 2. The Morgan fingerprint density at radius 3 is 3.09 bits per heavy atom. The molecule has 0 saturated carbocycles. The molecule has 2 nitrogen and oxygen atoms in total. The van der Waals surface area contributed by atoms with Crippen molar-refractivity contribution in [3.63, 3.8) is 0 Å². The van der Waals surface area contributed by atoms with E-state index in [1.165, 1.54) is 0 Å². The van der Waals surface area contributed by atoms with Gasteiger partial charge in [-0.25, -0.2) is 0 Å². The van der Waals surface area contributed by atoms with Crippen molar-refractivity contribution in [2.24, 2.45) is 7.05 Å². The molecule has 1 radical (unpaired) electrons. The van der Waals surface area contributed by atoms with E-state index in [0.717, 1.165) is 16.5 Å². The molecule has 2 heteroatoms. The van der Waals surface area contributed by atoms with Gasteiger partial charge in [-0.05, 0) is 12.5 Å². The van der Waals surface area contributed by atoms with Gasteiger partial charge < -0.3 is 0 Å². The minimum Gasteiger partial charge on any atom is -0.267 e. The summed E-state index contributed by atoms with van der Waals surface area (Å²) in [6, 6.07) is 7.35. The summed E-state index contributed by atoms with van der Waals surface area (Å²) in [6.07, 6.45) is 1.85. The maximum absolute atomic E-state index is 4.12. The van der Waals surface area contributed by atoms with E-state index in [9.17, 15) is 0 Å². The van der Waals surface area contributed by atoms with Crippen molar-refractivity contribution in [3.8, 4) is 0 Å². The average Bonchev–Trinajstić information content (AvgIpc) is 2.33. The second kappa shape index (κ2) is 2.09. The quantitative estimate of drug-likeness (QED) is 0.551. The highest BCUT2D eigenvalue weighted by molar-refractivity contribution is 5.78. The Bertz CT molecular complexity index is 387. The smallest absolute Gasteiger partial charge is 0.0760 e. The van der Waals surface area contributed by atoms with Crippen molar-refractivity contribution >= 4 is 10.9 Å². The van der Waals surface area contributed by atoms with Crippen LogP contribution >= 0.6 is 0 Å². The van der Waals surface area contributed by atoms with Gasteiger partial charge in [0, 0.05) is 18.5 Å². The highest BCUT2D eigenvalue weighted by Gasteiger charge is 1.97. The summed E-state index contributed by atoms with van der Waals surface area (Å²) >= 11 is 0. The van der Waals surface area contributed by atoms with E-state index < -0.39 is 0 Å². The van der Waals surface area contributed by atoms with Crippen molar-refractivity contribution in [2.75, 3.05) is 0 Å². The summed E-state index contributed by atoms with van der Waals surface area (Å²) in [4.78, 5) is 0. The van der Waals surface area contributed by atoms with Gasteiger partial charge in [-0.15, -0.1) is 0 Å². The molecule has 2 aromatic rings. The van der Waals surface area contributed by atoms with Crippen LogP contribution in [0.3, 0.4) is 0 Å². The lowest BCUT2D eigenvalue weighted by Crippen LogP contribution is -1.88. The zero-order valence-electron chi connectivity index (χ0n) is 6.63. The fourth-order valence-corrected chi connectivity index (χ4v) is 1.17. The maximum Gasteiger partial charge on any atom is 0.0760 e. The molecule has 0 fully saturated rings. The summed E-state index contributed by atoms with van der Waals surface area (Å²) in [6.45, 7) is 2.03. The van der Waals surface area contributed by atoms with Crippen molar-refractivity contribution in [1.29, 1.82) is 0 Å². The monoisotopic (exact) mass is 145 g/mol. The second-order valence-electron chi connectivity index (χ2n) is 2.71. The highest BCUT2D eigenvalue weighted by atomic mass is 15.2. The molecule has 0 spiro atoms. The molecule has 0 unspecified atom stereocenters. The van der Waals surface area contributed by atoms with E-state index in [-0.39, 0.29) is 0 Å². The van der Waals surface area contributed by atoms with Crippen LogP contribution in [-0.4, -0.2) is 9.78 Å². The Hall–Kier alpha value is -1.31. The standard InChI is InChI=1S/C9H9N2/c1-7-3-4-8-6-10-11(2)9(8)5-7/h3-4,6H,1-2H3. The zero-order chi connectivity index (χ0) is 7.84. The van der Waals surface area contributed by atoms with Crippen LogP contribution in [0.5, 0.6) is 0 Å². The number of rotatable bonds is 0. The molecule has 0 bridgehead atoms. The van der Waals surface area contributed by atoms with Crippen molar-refractivity contribution < 1.29 is 0 Å². The zero-order valence-corrected chi connectivity index (χ0v) is 6.63. The van der Waals surface area contributed by atoms with Crippen molar-refractivity contribution in [1.82, 2.24) is 9.78 Å². The lowest BCUT2D eigenvalue weighted by atomic mass is 10.2. The Labute approximate surface area is 65.5 Å². The third kappa shape index (κ3) is 0.909. The van der Waals surface area contributed by atoms with Gasteiger partial charge in [0.2, 0.25) is 0 Å². The molecule has 0 aliphatic rings. The predicted molar refractivity (Wildman–Crippen MR) is 44.3 cm³/mol. The molecule has 0 aliphatic heterocycles. The Morgan fingerprint density at radius 2 is 2.27 bits per heavy atom. The normalized spacial score (nSPS) is 10.7. The number of aryl methyl sites for hydroxylation is 2. The summed E-state index contributed by atoms with van der Waals surface area (Å²) in [5, 5.41) is 5.27. The lowest BCUT2D eigenvalue weighted by Gasteiger charge is -1.93. The fourth-order valence-electron chi connectivity index (χ4n) is 1.17.